The molecule has 2 fully saturated rings. The van der Waals surface area contributed by atoms with Crippen molar-refractivity contribution in [3.05, 3.63) is 30.3 Å². The van der Waals surface area contributed by atoms with Crippen molar-refractivity contribution in [2.24, 2.45) is 0 Å². The smallest absolute Gasteiger partial charge is 0.240 e. The van der Waals surface area contributed by atoms with E-state index in [-0.39, 0.29) is 30.5 Å². The van der Waals surface area contributed by atoms with Crippen molar-refractivity contribution in [3.63, 3.8) is 0 Å². The van der Waals surface area contributed by atoms with E-state index in [1.807, 2.05) is 30.3 Å². The highest BCUT2D eigenvalue weighted by Crippen LogP contribution is 2.24. The fraction of sp³-hybridized carbons (Fsp3) is 0.500. The Balaban J connectivity index is 1.52. The molecule has 1 saturated heterocycles. The molecule has 0 aromatic heterocycles. The van der Waals surface area contributed by atoms with E-state index in [1.165, 1.54) is 0 Å². The summed E-state index contributed by atoms with van der Waals surface area (Å²) in [6, 6.07) is 9.71. The summed E-state index contributed by atoms with van der Waals surface area (Å²) in [5, 5.41) is 3.03. The molecule has 2 amide bonds. The van der Waals surface area contributed by atoms with Gasteiger partial charge in [-0.2, -0.15) is 0 Å². The summed E-state index contributed by atoms with van der Waals surface area (Å²) in [7, 11) is 0. The van der Waals surface area contributed by atoms with Gasteiger partial charge in [-0.3, -0.25) is 9.59 Å². The Bertz CT molecular complexity index is 537. The summed E-state index contributed by atoms with van der Waals surface area (Å²) in [6.07, 6.45) is 2.92. The number of benzene rings is 1. The van der Waals surface area contributed by atoms with Crippen LogP contribution in [-0.2, 0) is 9.59 Å². The zero-order valence-corrected chi connectivity index (χ0v) is 13.2. The molecule has 2 unspecified atom stereocenters. The Morgan fingerprint density at radius 1 is 1.32 bits per heavy atom. The fourth-order valence-corrected chi connectivity index (χ4v) is 3.78. The molecule has 3 rings (SSSR count). The third-order valence-electron chi connectivity index (χ3n) is 3.99. The molecule has 0 spiro atoms. The van der Waals surface area contributed by atoms with Gasteiger partial charge in [0.25, 0.3) is 0 Å². The minimum atomic E-state index is -0.0931. The Morgan fingerprint density at radius 3 is 2.86 bits per heavy atom. The summed E-state index contributed by atoms with van der Waals surface area (Å²) >= 11 is 1.55. The monoisotopic (exact) mass is 320 g/mol. The summed E-state index contributed by atoms with van der Waals surface area (Å²) in [5.41, 5.74) is 0. The molecule has 5 nitrogen and oxygen atoms in total. The number of carbonyl (C=O) groups excluding carboxylic acids is 2. The van der Waals surface area contributed by atoms with Crippen molar-refractivity contribution in [2.45, 2.75) is 31.4 Å². The Kier molecular flexibility index (Phi) is 4.87. The van der Waals surface area contributed by atoms with Crippen LogP contribution in [0.3, 0.4) is 0 Å². The van der Waals surface area contributed by atoms with E-state index in [2.05, 4.69) is 5.32 Å². The second-order valence-electron chi connectivity index (χ2n) is 5.64. The number of thioether (sulfide) groups is 1. The van der Waals surface area contributed by atoms with Crippen LogP contribution in [-0.4, -0.2) is 47.0 Å². The van der Waals surface area contributed by atoms with Gasteiger partial charge in [-0.1, -0.05) is 18.2 Å². The van der Waals surface area contributed by atoms with Crippen LogP contribution in [0.1, 0.15) is 19.3 Å². The Hall–Kier alpha value is -1.69. The molecule has 0 radical (unpaired) electrons. The van der Waals surface area contributed by atoms with Gasteiger partial charge < -0.3 is 15.0 Å². The summed E-state index contributed by atoms with van der Waals surface area (Å²) in [4.78, 5) is 25.3. The molecule has 1 aromatic carbocycles. The van der Waals surface area contributed by atoms with E-state index < -0.39 is 0 Å². The highest BCUT2D eigenvalue weighted by molar-refractivity contribution is 8.00. The number of amides is 2. The lowest BCUT2D eigenvalue weighted by Crippen LogP contribution is -2.46. The molecule has 0 bridgehead atoms. The minimum absolute atomic E-state index is 0.00926. The maximum Gasteiger partial charge on any atom is 0.240 e. The molecule has 118 valence electrons. The molecule has 1 saturated carbocycles. The van der Waals surface area contributed by atoms with E-state index in [0.717, 1.165) is 25.0 Å². The van der Waals surface area contributed by atoms with Gasteiger partial charge >= 0.3 is 0 Å². The summed E-state index contributed by atoms with van der Waals surface area (Å²) < 4.78 is 5.98. The van der Waals surface area contributed by atoms with Crippen molar-refractivity contribution < 1.29 is 14.3 Å². The lowest BCUT2D eigenvalue weighted by atomic mass is 10.2. The van der Waals surface area contributed by atoms with Gasteiger partial charge in [-0.15, -0.1) is 11.8 Å². The number of carbonyl (C=O) groups is 2. The molecule has 1 aliphatic carbocycles. The molecule has 2 atom stereocenters. The van der Waals surface area contributed by atoms with E-state index in [9.17, 15) is 9.59 Å². The molecular formula is C16H20N2O3S. The number of hydrogen-bond donors (Lipinski definition) is 1. The van der Waals surface area contributed by atoms with E-state index in [4.69, 9.17) is 4.74 Å². The molecule has 22 heavy (non-hydrogen) atoms. The molecule has 2 aliphatic rings. The van der Waals surface area contributed by atoms with Crippen LogP contribution in [0.4, 0.5) is 0 Å². The van der Waals surface area contributed by atoms with Gasteiger partial charge in [0.1, 0.15) is 18.4 Å². The van der Waals surface area contributed by atoms with Crippen LogP contribution in [0.2, 0.25) is 0 Å². The Labute approximate surface area is 134 Å². The average molecular weight is 320 g/mol. The first-order valence-electron chi connectivity index (χ1n) is 7.59. The maximum absolute atomic E-state index is 12.1. The Morgan fingerprint density at radius 2 is 2.14 bits per heavy atom. The van der Waals surface area contributed by atoms with Crippen molar-refractivity contribution in [1.29, 1.82) is 0 Å². The number of nitrogens with one attached hydrogen (secondary N) is 1. The zero-order chi connectivity index (χ0) is 15.4. The van der Waals surface area contributed by atoms with Crippen LogP contribution in [0, 0.1) is 0 Å². The largest absolute Gasteiger partial charge is 0.488 e. The summed E-state index contributed by atoms with van der Waals surface area (Å²) in [6.45, 7) is 0.153. The van der Waals surface area contributed by atoms with Gasteiger partial charge in [-0.25, -0.2) is 0 Å². The first-order chi connectivity index (χ1) is 10.7. The normalized spacial score (nSPS) is 24.5. The number of hydrogen-bond acceptors (Lipinski definition) is 4. The zero-order valence-electron chi connectivity index (χ0n) is 12.4. The standard InChI is InChI=1S/C16H20N2O3S/c19-15(9-18-11-22-10-16(18)20)17-13-7-4-8-14(13)21-12-5-2-1-3-6-12/h1-3,5-6,13-14H,4,7-11H2,(H,17,19). The summed E-state index contributed by atoms with van der Waals surface area (Å²) in [5.74, 6) is 1.88. The van der Waals surface area contributed by atoms with Gasteiger partial charge in [-0.05, 0) is 31.4 Å². The lowest BCUT2D eigenvalue weighted by molar-refractivity contribution is -0.132. The van der Waals surface area contributed by atoms with Crippen LogP contribution in [0.25, 0.3) is 0 Å². The molecule has 1 aromatic rings. The maximum atomic E-state index is 12.1. The number of nitrogens with zero attached hydrogens (tertiary/aromatic N) is 1. The number of para-hydroxylation sites is 1. The third-order valence-corrected chi connectivity index (χ3v) is 4.93. The quantitative estimate of drug-likeness (QED) is 0.896. The molecule has 1 heterocycles. The van der Waals surface area contributed by atoms with Crippen LogP contribution >= 0.6 is 11.8 Å². The second-order valence-corrected chi connectivity index (χ2v) is 6.60. The van der Waals surface area contributed by atoms with Crippen LogP contribution < -0.4 is 10.1 Å². The SMILES string of the molecule is O=C(CN1CSCC1=O)NC1CCCC1Oc1ccccc1. The number of rotatable bonds is 5. The van der Waals surface area contributed by atoms with Gasteiger partial charge in [0.05, 0.1) is 17.7 Å². The predicted molar refractivity (Wildman–Crippen MR) is 85.7 cm³/mol. The number of ether oxygens (including phenoxy) is 1. The highest BCUT2D eigenvalue weighted by Gasteiger charge is 2.31. The van der Waals surface area contributed by atoms with Gasteiger partial charge in [0.2, 0.25) is 11.8 Å². The van der Waals surface area contributed by atoms with Crippen molar-refractivity contribution >= 4 is 23.6 Å². The van der Waals surface area contributed by atoms with Crippen LogP contribution in [0.15, 0.2) is 30.3 Å². The first-order valence-corrected chi connectivity index (χ1v) is 8.74. The average Bonchev–Trinajstić information content (AvgIpc) is 3.10. The lowest BCUT2D eigenvalue weighted by Gasteiger charge is -2.23. The van der Waals surface area contributed by atoms with E-state index in [1.54, 1.807) is 16.7 Å². The highest BCUT2D eigenvalue weighted by atomic mass is 32.2. The fourth-order valence-electron chi connectivity index (χ4n) is 2.87. The topological polar surface area (TPSA) is 58.6 Å². The van der Waals surface area contributed by atoms with E-state index >= 15 is 0 Å². The van der Waals surface area contributed by atoms with Crippen molar-refractivity contribution in [2.75, 3.05) is 18.2 Å². The van der Waals surface area contributed by atoms with Crippen molar-refractivity contribution in [3.8, 4) is 5.75 Å². The second kappa shape index (κ2) is 7.05. The molecular weight excluding hydrogens is 300 g/mol. The molecule has 1 N–H and O–H groups in total. The minimum Gasteiger partial charge on any atom is -0.488 e. The molecule has 6 heteroatoms. The van der Waals surface area contributed by atoms with Crippen LogP contribution in [0.5, 0.6) is 5.75 Å². The van der Waals surface area contributed by atoms with Crippen molar-refractivity contribution in [1.82, 2.24) is 10.2 Å². The third kappa shape index (κ3) is 3.74. The predicted octanol–water partition coefficient (Wildman–Crippen LogP) is 1.64. The van der Waals surface area contributed by atoms with Gasteiger partial charge in [0, 0.05) is 0 Å². The van der Waals surface area contributed by atoms with E-state index in [0.29, 0.717) is 11.6 Å². The molecule has 1 aliphatic heterocycles. The first kappa shape index (κ1) is 15.2. The van der Waals surface area contributed by atoms with Gasteiger partial charge in [0.15, 0.2) is 0 Å².